The summed E-state index contributed by atoms with van der Waals surface area (Å²) in [5, 5.41) is -0.209. The second-order valence-corrected chi connectivity index (χ2v) is 7.91. The fourth-order valence-corrected chi connectivity index (χ4v) is 3.66. The summed E-state index contributed by atoms with van der Waals surface area (Å²) in [4.78, 5) is 15.7. The fraction of sp³-hybridized carbons (Fsp3) is 0.381. The summed E-state index contributed by atoms with van der Waals surface area (Å²) in [5.41, 5.74) is 1.51. The molecule has 0 atom stereocenters. The second kappa shape index (κ2) is 8.71. The van der Waals surface area contributed by atoms with Crippen molar-refractivity contribution in [1.29, 1.82) is 0 Å². The van der Waals surface area contributed by atoms with Gasteiger partial charge in [-0.1, -0.05) is 23.7 Å². The Morgan fingerprint density at radius 2 is 1.97 bits per heavy atom. The van der Waals surface area contributed by atoms with Crippen LogP contribution in [0.15, 0.2) is 24.3 Å². The maximum absolute atomic E-state index is 14.8. The number of ether oxygens (including phenoxy) is 1. The summed E-state index contributed by atoms with van der Waals surface area (Å²) in [7, 11) is 0. The lowest BCUT2D eigenvalue weighted by molar-refractivity contribution is -0.183. The molecule has 0 N–H and O–H groups in total. The molecule has 4 nitrogen and oxygen atoms in total. The number of fused-ring (bicyclic) bond motifs is 1. The van der Waals surface area contributed by atoms with E-state index in [9.17, 15) is 22.5 Å². The minimum atomic E-state index is -1.97. The number of rotatable bonds is 6. The van der Waals surface area contributed by atoms with Crippen LogP contribution in [-0.2, 0) is 29.1 Å². The van der Waals surface area contributed by atoms with E-state index in [1.807, 2.05) is 0 Å². The number of halogens is 5. The van der Waals surface area contributed by atoms with E-state index in [0.29, 0.717) is 11.1 Å². The number of benzene rings is 2. The minimum absolute atomic E-state index is 0.00815. The molecule has 2 aromatic rings. The summed E-state index contributed by atoms with van der Waals surface area (Å²) in [6.45, 7) is 2.92. The van der Waals surface area contributed by atoms with Gasteiger partial charge >= 0.3 is 5.97 Å². The molecule has 0 radical (unpaired) electrons. The standard InChI is InChI=1S/C21H20ClF4NO3/c1-21(2,25)29-14-9-16(22)20(24)17(10-14)27-8-7-15-13(11-27)4-3-12(19(15)23)5-6-18(28)30-26/h3-4,9-10H,5-8,11H2,1-2H3. The third kappa shape index (κ3) is 4.98. The number of carbonyl (C=O) groups excluding carboxylic acids is 1. The molecule has 0 fully saturated rings. The minimum Gasteiger partial charge on any atom is -0.458 e. The highest BCUT2D eigenvalue weighted by Crippen LogP contribution is 2.36. The first kappa shape index (κ1) is 22.2. The summed E-state index contributed by atoms with van der Waals surface area (Å²) in [6, 6.07) is 5.76. The third-order valence-electron chi connectivity index (χ3n) is 4.78. The van der Waals surface area contributed by atoms with Gasteiger partial charge in [-0.05, 0) is 29.5 Å². The Bertz CT molecular complexity index is 962. The van der Waals surface area contributed by atoms with Gasteiger partial charge in [0.1, 0.15) is 11.6 Å². The van der Waals surface area contributed by atoms with Crippen molar-refractivity contribution in [3.63, 3.8) is 0 Å². The molecule has 0 spiro atoms. The predicted molar refractivity (Wildman–Crippen MR) is 104 cm³/mol. The van der Waals surface area contributed by atoms with Crippen molar-refractivity contribution in [3.8, 4) is 5.75 Å². The van der Waals surface area contributed by atoms with Gasteiger partial charge in [-0.15, -0.1) is 0 Å². The molecule has 0 aromatic heterocycles. The lowest BCUT2D eigenvalue weighted by Crippen LogP contribution is -2.32. The van der Waals surface area contributed by atoms with Crippen LogP contribution in [0.2, 0.25) is 5.02 Å². The van der Waals surface area contributed by atoms with Gasteiger partial charge in [0.2, 0.25) is 5.85 Å². The highest BCUT2D eigenvalue weighted by molar-refractivity contribution is 6.31. The number of nitrogens with zero attached hydrogens (tertiary/aromatic N) is 1. The van der Waals surface area contributed by atoms with Crippen LogP contribution in [0.3, 0.4) is 0 Å². The Morgan fingerprint density at radius 1 is 1.23 bits per heavy atom. The lowest BCUT2D eigenvalue weighted by atomic mass is 9.94. The topological polar surface area (TPSA) is 38.8 Å². The Labute approximate surface area is 176 Å². The van der Waals surface area contributed by atoms with E-state index >= 15 is 0 Å². The first-order chi connectivity index (χ1) is 14.1. The van der Waals surface area contributed by atoms with Crippen molar-refractivity contribution < 1.29 is 32.2 Å². The molecule has 0 saturated carbocycles. The van der Waals surface area contributed by atoms with Crippen LogP contribution in [-0.4, -0.2) is 18.4 Å². The van der Waals surface area contributed by atoms with E-state index in [4.69, 9.17) is 16.3 Å². The average molecular weight is 446 g/mol. The Kier molecular flexibility index (Phi) is 6.45. The van der Waals surface area contributed by atoms with Crippen molar-refractivity contribution in [2.75, 3.05) is 11.4 Å². The molecule has 1 aliphatic heterocycles. The fourth-order valence-electron chi connectivity index (χ4n) is 3.45. The predicted octanol–water partition coefficient (Wildman–Crippen LogP) is 5.63. The average Bonchev–Trinajstić information content (AvgIpc) is 2.68. The molecule has 9 heteroatoms. The zero-order chi connectivity index (χ0) is 22.1. The molecule has 0 unspecified atom stereocenters. The summed E-state index contributed by atoms with van der Waals surface area (Å²) in [6.07, 6.45) is 0.00723. The molecule has 2 aromatic carbocycles. The second-order valence-electron chi connectivity index (χ2n) is 7.50. The van der Waals surface area contributed by atoms with Crippen molar-refractivity contribution in [3.05, 3.63) is 57.6 Å². The van der Waals surface area contributed by atoms with Crippen molar-refractivity contribution >= 4 is 23.3 Å². The summed E-state index contributed by atoms with van der Waals surface area (Å²) < 4.78 is 60.3. The van der Waals surface area contributed by atoms with Crippen LogP contribution < -0.4 is 9.64 Å². The van der Waals surface area contributed by atoms with Gasteiger partial charge in [0.05, 0.1) is 17.1 Å². The maximum atomic E-state index is 14.8. The van der Waals surface area contributed by atoms with Crippen molar-refractivity contribution in [1.82, 2.24) is 0 Å². The molecular formula is C21H20ClF4NO3. The molecule has 0 saturated heterocycles. The molecule has 30 heavy (non-hydrogen) atoms. The third-order valence-corrected chi connectivity index (χ3v) is 5.06. The van der Waals surface area contributed by atoms with E-state index in [-0.39, 0.29) is 54.4 Å². The van der Waals surface area contributed by atoms with Crippen molar-refractivity contribution in [2.45, 2.75) is 45.5 Å². The number of anilines is 1. The molecule has 0 bridgehead atoms. The number of hydrogen-bond donors (Lipinski definition) is 0. The molecule has 162 valence electrons. The van der Waals surface area contributed by atoms with Crippen LogP contribution in [0, 0.1) is 11.6 Å². The molecule has 0 amide bonds. The molecule has 3 rings (SSSR count). The van der Waals surface area contributed by atoms with Crippen LogP contribution in [0.25, 0.3) is 0 Å². The Balaban J connectivity index is 1.85. The summed E-state index contributed by atoms with van der Waals surface area (Å²) in [5.74, 6) is -4.10. The first-order valence-corrected chi connectivity index (χ1v) is 9.69. The Hall–Kier alpha value is -2.48. The molecular weight excluding hydrogens is 426 g/mol. The number of carbonyl (C=O) groups is 1. The smallest absolute Gasteiger partial charge is 0.349 e. The quantitative estimate of drug-likeness (QED) is 0.540. The zero-order valence-electron chi connectivity index (χ0n) is 16.4. The van der Waals surface area contributed by atoms with E-state index in [2.05, 4.69) is 4.94 Å². The molecule has 0 aliphatic carbocycles. The van der Waals surface area contributed by atoms with Gasteiger partial charge in [0, 0.05) is 43.6 Å². The highest BCUT2D eigenvalue weighted by atomic mass is 35.5. The highest BCUT2D eigenvalue weighted by Gasteiger charge is 2.26. The van der Waals surface area contributed by atoms with E-state index < -0.39 is 23.5 Å². The number of alkyl halides is 1. The SMILES string of the molecule is CC(C)(F)Oc1cc(Cl)c(F)c(N2CCc3c(ccc(CCC(=O)OF)c3F)C2)c1. The van der Waals surface area contributed by atoms with Crippen molar-refractivity contribution in [2.24, 2.45) is 0 Å². The monoisotopic (exact) mass is 445 g/mol. The number of hydrogen-bond acceptors (Lipinski definition) is 4. The lowest BCUT2D eigenvalue weighted by Gasteiger charge is -2.32. The van der Waals surface area contributed by atoms with E-state index in [0.717, 1.165) is 0 Å². The van der Waals surface area contributed by atoms with Gasteiger partial charge in [-0.25, -0.2) is 13.6 Å². The largest absolute Gasteiger partial charge is 0.458 e. The first-order valence-electron chi connectivity index (χ1n) is 9.31. The molecule has 1 heterocycles. The van der Waals surface area contributed by atoms with Gasteiger partial charge in [-0.2, -0.15) is 4.39 Å². The van der Waals surface area contributed by atoms with Crippen LogP contribution in [0.5, 0.6) is 5.75 Å². The normalized spacial score (nSPS) is 13.8. The van der Waals surface area contributed by atoms with Gasteiger partial charge in [0.15, 0.2) is 5.82 Å². The van der Waals surface area contributed by atoms with Crippen LogP contribution >= 0.6 is 11.6 Å². The maximum Gasteiger partial charge on any atom is 0.349 e. The van der Waals surface area contributed by atoms with Gasteiger partial charge in [-0.3, -0.25) is 4.94 Å². The molecule has 1 aliphatic rings. The Morgan fingerprint density at radius 3 is 2.63 bits per heavy atom. The van der Waals surface area contributed by atoms with E-state index in [1.165, 1.54) is 32.0 Å². The zero-order valence-corrected chi connectivity index (χ0v) is 17.2. The van der Waals surface area contributed by atoms with Gasteiger partial charge < -0.3 is 9.64 Å². The van der Waals surface area contributed by atoms with Crippen LogP contribution in [0.4, 0.5) is 23.4 Å². The van der Waals surface area contributed by atoms with Crippen LogP contribution in [0.1, 0.15) is 37.0 Å². The van der Waals surface area contributed by atoms with Gasteiger partial charge in [0.25, 0.3) is 0 Å². The number of aryl methyl sites for hydroxylation is 1. The van der Waals surface area contributed by atoms with E-state index in [1.54, 1.807) is 11.0 Å². The summed E-state index contributed by atoms with van der Waals surface area (Å²) >= 11 is 5.96.